The zero-order valence-electron chi connectivity index (χ0n) is 17.3. The van der Waals surface area contributed by atoms with E-state index in [-0.39, 0.29) is 5.56 Å². The molecule has 0 unspecified atom stereocenters. The predicted molar refractivity (Wildman–Crippen MR) is 122 cm³/mol. The number of halogens is 1. The van der Waals surface area contributed by atoms with Gasteiger partial charge in [-0.15, -0.1) is 0 Å². The second-order valence-electron chi connectivity index (χ2n) is 7.54. The van der Waals surface area contributed by atoms with Crippen molar-refractivity contribution in [2.45, 2.75) is 13.3 Å². The molecule has 3 heterocycles. The van der Waals surface area contributed by atoms with E-state index in [1.54, 1.807) is 11.4 Å². The molecule has 0 fully saturated rings. The first-order chi connectivity index (χ1) is 14.9. The van der Waals surface area contributed by atoms with Crippen molar-refractivity contribution in [1.82, 2.24) is 23.1 Å². The van der Waals surface area contributed by atoms with Crippen LogP contribution < -0.4 is 11.2 Å². The monoisotopic (exact) mass is 433 g/mol. The Bertz CT molecular complexity index is 1570. The highest BCUT2D eigenvalue weighted by atomic mass is 35.5. The Morgan fingerprint density at radius 1 is 0.935 bits per heavy atom. The van der Waals surface area contributed by atoms with E-state index in [0.29, 0.717) is 22.0 Å². The third-order valence-electron chi connectivity index (χ3n) is 5.71. The normalized spacial score (nSPS) is 11.6. The topological polar surface area (TPSA) is 66.2 Å². The first kappa shape index (κ1) is 19.4. The minimum atomic E-state index is -0.407. The molecule has 0 aliphatic carbocycles. The molecule has 0 radical (unpaired) electrons. The van der Waals surface area contributed by atoms with E-state index in [2.05, 4.69) is 19.1 Å². The Labute approximate surface area is 182 Å². The van der Waals surface area contributed by atoms with E-state index < -0.39 is 5.69 Å². The van der Waals surface area contributed by atoms with E-state index in [9.17, 15) is 9.59 Å². The zero-order valence-corrected chi connectivity index (χ0v) is 18.1. The molecule has 2 aromatic carbocycles. The van der Waals surface area contributed by atoms with Crippen molar-refractivity contribution in [2.24, 2.45) is 14.1 Å². The summed E-state index contributed by atoms with van der Waals surface area (Å²) in [7, 11) is 3.10. The van der Waals surface area contributed by atoms with Crippen LogP contribution in [0.1, 0.15) is 12.5 Å². The second kappa shape index (κ2) is 6.99. The largest absolute Gasteiger partial charge is 0.332 e. The number of aryl methyl sites for hydroxylation is 2. The minimum Gasteiger partial charge on any atom is -0.279 e. The van der Waals surface area contributed by atoms with E-state index >= 15 is 0 Å². The van der Waals surface area contributed by atoms with Crippen LogP contribution in [0.3, 0.4) is 0 Å². The van der Waals surface area contributed by atoms with Crippen molar-refractivity contribution < 1.29 is 0 Å². The SMILES string of the molecule is CCc1ccc(-n2c(-c3ccc(Cl)cc3)cn3c4c(=O)n(C)c(=O)n(C)c4nc23)cc1. The van der Waals surface area contributed by atoms with Crippen LogP contribution in [0.5, 0.6) is 0 Å². The van der Waals surface area contributed by atoms with Crippen LogP contribution >= 0.6 is 11.6 Å². The Hall–Kier alpha value is -3.58. The number of hydrogen-bond acceptors (Lipinski definition) is 3. The van der Waals surface area contributed by atoms with Crippen LogP contribution in [0.25, 0.3) is 33.9 Å². The summed E-state index contributed by atoms with van der Waals surface area (Å²) in [5.74, 6) is 0.558. The van der Waals surface area contributed by atoms with Gasteiger partial charge in [0.2, 0.25) is 5.78 Å². The summed E-state index contributed by atoms with van der Waals surface area (Å²) in [5, 5.41) is 0.647. The van der Waals surface area contributed by atoms with Gasteiger partial charge in [0.05, 0.1) is 5.69 Å². The van der Waals surface area contributed by atoms with Gasteiger partial charge in [0.1, 0.15) is 0 Å². The van der Waals surface area contributed by atoms with Gasteiger partial charge in [0.15, 0.2) is 11.2 Å². The van der Waals surface area contributed by atoms with Crippen molar-refractivity contribution in [1.29, 1.82) is 0 Å². The molecule has 0 aliphatic heterocycles. The summed E-state index contributed by atoms with van der Waals surface area (Å²) in [4.78, 5) is 30.1. The van der Waals surface area contributed by atoms with Crippen molar-refractivity contribution >= 4 is 28.5 Å². The van der Waals surface area contributed by atoms with Crippen molar-refractivity contribution in [3.8, 4) is 16.9 Å². The van der Waals surface area contributed by atoms with Gasteiger partial charge < -0.3 is 0 Å². The van der Waals surface area contributed by atoms with Crippen molar-refractivity contribution in [3.05, 3.63) is 86.2 Å². The number of hydrogen-bond donors (Lipinski definition) is 0. The van der Waals surface area contributed by atoms with Crippen molar-refractivity contribution in [3.63, 3.8) is 0 Å². The lowest BCUT2D eigenvalue weighted by molar-refractivity contribution is 0.708. The van der Waals surface area contributed by atoms with Crippen LogP contribution in [0, 0.1) is 0 Å². The van der Waals surface area contributed by atoms with Gasteiger partial charge in [0, 0.05) is 36.6 Å². The highest BCUT2D eigenvalue weighted by molar-refractivity contribution is 6.30. The maximum absolute atomic E-state index is 13.0. The Kier molecular flexibility index (Phi) is 4.37. The molecule has 5 aromatic rings. The number of fused-ring (bicyclic) bond motifs is 3. The smallest absolute Gasteiger partial charge is 0.279 e. The minimum absolute atomic E-state index is 0.352. The number of rotatable bonds is 3. The van der Waals surface area contributed by atoms with Gasteiger partial charge in [-0.25, -0.2) is 4.79 Å². The molecular weight excluding hydrogens is 414 g/mol. The fourth-order valence-electron chi connectivity index (χ4n) is 3.93. The molecule has 5 rings (SSSR count). The number of benzene rings is 2. The third kappa shape index (κ3) is 2.84. The quantitative estimate of drug-likeness (QED) is 0.437. The van der Waals surface area contributed by atoms with Gasteiger partial charge in [-0.2, -0.15) is 4.98 Å². The predicted octanol–water partition coefficient (Wildman–Crippen LogP) is 3.56. The Morgan fingerprint density at radius 3 is 2.26 bits per heavy atom. The standard InChI is InChI=1S/C23H20ClN5O2/c1-4-14-5-11-17(12-6-14)29-18(15-7-9-16(24)10-8-15)13-28-19-20(25-22(28)29)26(2)23(31)27(3)21(19)30/h5-13H,4H2,1-3H3. The highest BCUT2D eigenvalue weighted by Crippen LogP contribution is 2.29. The van der Waals surface area contributed by atoms with Gasteiger partial charge in [-0.3, -0.25) is 22.9 Å². The van der Waals surface area contributed by atoms with E-state index in [1.165, 1.54) is 17.2 Å². The third-order valence-corrected chi connectivity index (χ3v) is 5.96. The highest BCUT2D eigenvalue weighted by Gasteiger charge is 2.21. The van der Waals surface area contributed by atoms with Crippen LogP contribution in [-0.2, 0) is 20.5 Å². The molecule has 0 N–H and O–H groups in total. The maximum Gasteiger partial charge on any atom is 0.332 e. The summed E-state index contributed by atoms with van der Waals surface area (Å²) >= 11 is 6.09. The molecular formula is C23H20ClN5O2. The lowest BCUT2D eigenvalue weighted by Gasteiger charge is -2.10. The lowest BCUT2D eigenvalue weighted by Crippen LogP contribution is -2.37. The molecule has 31 heavy (non-hydrogen) atoms. The number of nitrogens with zero attached hydrogens (tertiary/aromatic N) is 5. The fraction of sp³-hybridized carbons (Fsp3) is 0.174. The first-order valence-electron chi connectivity index (χ1n) is 9.95. The molecule has 0 amide bonds. The summed E-state index contributed by atoms with van der Waals surface area (Å²) in [6.45, 7) is 2.11. The molecule has 156 valence electrons. The maximum atomic E-state index is 13.0. The van der Waals surface area contributed by atoms with E-state index in [4.69, 9.17) is 16.6 Å². The zero-order chi connectivity index (χ0) is 21.9. The van der Waals surface area contributed by atoms with Crippen LogP contribution in [0.2, 0.25) is 5.02 Å². The Balaban J connectivity index is 1.92. The van der Waals surface area contributed by atoms with E-state index in [1.807, 2.05) is 47.2 Å². The average molecular weight is 434 g/mol. The van der Waals surface area contributed by atoms with Gasteiger partial charge in [0.25, 0.3) is 5.56 Å². The summed E-state index contributed by atoms with van der Waals surface area (Å²) in [5.41, 5.74) is 3.86. The van der Waals surface area contributed by atoms with Crippen LogP contribution in [-0.4, -0.2) is 23.1 Å². The fourth-order valence-corrected chi connectivity index (χ4v) is 4.06. The molecule has 0 aliphatic rings. The summed E-state index contributed by atoms with van der Waals surface area (Å²) in [6.07, 6.45) is 2.82. The van der Waals surface area contributed by atoms with E-state index in [0.717, 1.165) is 27.9 Å². The Morgan fingerprint density at radius 2 is 1.61 bits per heavy atom. The second-order valence-corrected chi connectivity index (χ2v) is 7.97. The van der Waals surface area contributed by atoms with Gasteiger partial charge in [-0.1, -0.05) is 42.8 Å². The van der Waals surface area contributed by atoms with Gasteiger partial charge in [-0.05, 0) is 36.2 Å². The van der Waals surface area contributed by atoms with Crippen LogP contribution in [0.15, 0.2) is 64.3 Å². The summed E-state index contributed by atoms with van der Waals surface area (Å²) < 4.78 is 6.25. The van der Waals surface area contributed by atoms with Crippen LogP contribution in [0.4, 0.5) is 0 Å². The van der Waals surface area contributed by atoms with Crippen molar-refractivity contribution in [2.75, 3.05) is 0 Å². The lowest BCUT2D eigenvalue weighted by atomic mass is 10.1. The molecule has 0 bridgehead atoms. The average Bonchev–Trinajstić information content (AvgIpc) is 3.33. The number of aromatic nitrogens is 5. The molecule has 0 saturated heterocycles. The summed E-state index contributed by atoms with van der Waals surface area (Å²) in [6, 6.07) is 15.8. The molecule has 3 aromatic heterocycles. The first-order valence-corrected chi connectivity index (χ1v) is 10.3. The molecule has 0 spiro atoms. The number of imidazole rings is 2. The molecule has 0 saturated carbocycles. The molecule has 8 heteroatoms. The van der Waals surface area contributed by atoms with Gasteiger partial charge >= 0.3 is 5.69 Å². The molecule has 0 atom stereocenters. The molecule has 7 nitrogen and oxygen atoms in total.